The summed E-state index contributed by atoms with van der Waals surface area (Å²) in [5.41, 5.74) is 6.07. The summed E-state index contributed by atoms with van der Waals surface area (Å²) < 4.78 is 25.7. The third kappa shape index (κ3) is 4.36. The number of piperazine rings is 1. The lowest BCUT2D eigenvalue weighted by Crippen LogP contribution is -2.46. The van der Waals surface area contributed by atoms with Gasteiger partial charge in [-0.2, -0.15) is 5.10 Å². The SMILES string of the molecule is CCc1ccc(CN2CCN(c3c(C)nn(C4CCS(=O)(=O)C4)c3C)CC2)cc1. The quantitative estimate of drug-likeness (QED) is 0.750. The van der Waals surface area contributed by atoms with Gasteiger partial charge in [0.25, 0.3) is 0 Å². The van der Waals surface area contributed by atoms with Crippen molar-refractivity contribution in [2.75, 3.05) is 42.6 Å². The molecule has 0 N–H and O–H groups in total. The highest BCUT2D eigenvalue weighted by Gasteiger charge is 2.32. The van der Waals surface area contributed by atoms with Crippen molar-refractivity contribution < 1.29 is 8.42 Å². The van der Waals surface area contributed by atoms with Crippen LogP contribution in [-0.4, -0.2) is 60.8 Å². The highest BCUT2D eigenvalue weighted by atomic mass is 32.2. The Bertz CT molecular complexity index is 957. The second-order valence-electron chi connectivity index (χ2n) is 8.45. The van der Waals surface area contributed by atoms with E-state index in [0.29, 0.717) is 6.42 Å². The molecule has 0 saturated carbocycles. The summed E-state index contributed by atoms with van der Waals surface area (Å²) in [5, 5.41) is 4.73. The Hall–Kier alpha value is -1.86. The number of benzene rings is 1. The molecular formula is C22H32N4O2S. The molecule has 2 saturated heterocycles. The molecule has 7 heteroatoms. The Morgan fingerprint density at radius 1 is 1.03 bits per heavy atom. The van der Waals surface area contributed by atoms with Gasteiger partial charge in [-0.25, -0.2) is 8.42 Å². The van der Waals surface area contributed by atoms with Crippen LogP contribution in [0, 0.1) is 13.8 Å². The van der Waals surface area contributed by atoms with Crippen LogP contribution in [0.3, 0.4) is 0 Å². The van der Waals surface area contributed by atoms with Crippen molar-refractivity contribution in [2.45, 2.75) is 46.2 Å². The summed E-state index contributed by atoms with van der Waals surface area (Å²) in [7, 11) is -2.91. The fraction of sp³-hybridized carbons (Fsp3) is 0.591. The maximum absolute atomic E-state index is 11.9. The number of rotatable bonds is 5. The molecule has 0 amide bonds. The minimum Gasteiger partial charge on any atom is -0.366 e. The standard InChI is InChI=1S/C22H32N4O2S/c1-4-19-5-7-20(8-6-19)15-24-10-12-25(13-11-24)22-17(2)23-26(18(22)3)21-9-14-29(27,28)16-21/h5-8,21H,4,9-16H2,1-3H3. The summed E-state index contributed by atoms with van der Waals surface area (Å²) in [6, 6.07) is 8.95. The van der Waals surface area contributed by atoms with Crippen molar-refractivity contribution in [1.29, 1.82) is 0 Å². The zero-order chi connectivity index (χ0) is 20.6. The second-order valence-corrected chi connectivity index (χ2v) is 10.7. The van der Waals surface area contributed by atoms with Gasteiger partial charge in [0.1, 0.15) is 0 Å². The highest BCUT2D eigenvalue weighted by molar-refractivity contribution is 7.91. The van der Waals surface area contributed by atoms with Gasteiger partial charge in [-0.3, -0.25) is 9.58 Å². The molecule has 1 unspecified atom stereocenters. The monoisotopic (exact) mass is 416 g/mol. The first-order valence-corrected chi connectivity index (χ1v) is 12.5. The van der Waals surface area contributed by atoms with Crippen molar-refractivity contribution in [3.05, 3.63) is 46.8 Å². The van der Waals surface area contributed by atoms with Gasteiger partial charge in [-0.05, 0) is 37.8 Å². The van der Waals surface area contributed by atoms with E-state index in [1.165, 1.54) is 16.8 Å². The number of hydrogen-bond donors (Lipinski definition) is 0. The Morgan fingerprint density at radius 2 is 1.69 bits per heavy atom. The van der Waals surface area contributed by atoms with Crippen LogP contribution in [0.5, 0.6) is 0 Å². The lowest BCUT2D eigenvalue weighted by Gasteiger charge is -2.36. The highest BCUT2D eigenvalue weighted by Crippen LogP contribution is 2.31. The van der Waals surface area contributed by atoms with Gasteiger partial charge < -0.3 is 4.90 Å². The largest absolute Gasteiger partial charge is 0.366 e. The van der Waals surface area contributed by atoms with Gasteiger partial charge in [-0.1, -0.05) is 31.2 Å². The fourth-order valence-electron chi connectivity index (χ4n) is 4.70. The average Bonchev–Trinajstić information content (AvgIpc) is 3.21. The molecule has 4 rings (SSSR count). The summed E-state index contributed by atoms with van der Waals surface area (Å²) in [6.07, 6.45) is 1.76. The van der Waals surface area contributed by atoms with E-state index in [9.17, 15) is 8.42 Å². The first-order valence-electron chi connectivity index (χ1n) is 10.7. The minimum absolute atomic E-state index is 0.0140. The van der Waals surface area contributed by atoms with Crippen LogP contribution in [0.25, 0.3) is 0 Å². The van der Waals surface area contributed by atoms with E-state index in [-0.39, 0.29) is 17.5 Å². The average molecular weight is 417 g/mol. The second kappa shape index (κ2) is 8.11. The van der Waals surface area contributed by atoms with E-state index in [2.05, 4.69) is 47.9 Å². The van der Waals surface area contributed by atoms with Crippen LogP contribution >= 0.6 is 0 Å². The molecule has 0 radical (unpaired) electrons. The Labute approximate surface area is 174 Å². The molecule has 2 aliphatic rings. The smallest absolute Gasteiger partial charge is 0.152 e. The van der Waals surface area contributed by atoms with Crippen LogP contribution in [0.15, 0.2) is 24.3 Å². The molecule has 3 heterocycles. The van der Waals surface area contributed by atoms with E-state index in [4.69, 9.17) is 5.10 Å². The molecule has 0 aliphatic carbocycles. The molecule has 0 spiro atoms. The molecule has 6 nitrogen and oxygen atoms in total. The third-order valence-electron chi connectivity index (χ3n) is 6.37. The molecule has 1 aromatic heterocycles. The van der Waals surface area contributed by atoms with E-state index >= 15 is 0 Å². The van der Waals surface area contributed by atoms with Crippen LogP contribution in [0.4, 0.5) is 5.69 Å². The maximum Gasteiger partial charge on any atom is 0.152 e. The van der Waals surface area contributed by atoms with Gasteiger partial charge in [0.2, 0.25) is 0 Å². The van der Waals surface area contributed by atoms with Gasteiger partial charge in [0, 0.05) is 32.7 Å². The molecule has 2 aromatic rings. The minimum atomic E-state index is -2.91. The van der Waals surface area contributed by atoms with Crippen molar-refractivity contribution >= 4 is 15.5 Å². The Morgan fingerprint density at radius 3 is 2.28 bits per heavy atom. The van der Waals surface area contributed by atoms with Crippen LogP contribution in [0.1, 0.15) is 41.9 Å². The van der Waals surface area contributed by atoms with Gasteiger partial charge in [-0.15, -0.1) is 0 Å². The van der Waals surface area contributed by atoms with Crippen molar-refractivity contribution in [3.8, 4) is 0 Å². The van der Waals surface area contributed by atoms with Crippen LogP contribution in [0.2, 0.25) is 0 Å². The Balaban J connectivity index is 1.40. The molecule has 0 bridgehead atoms. The lowest BCUT2D eigenvalue weighted by molar-refractivity contribution is 0.249. The fourth-order valence-corrected chi connectivity index (χ4v) is 6.40. The first-order chi connectivity index (χ1) is 13.9. The molecule has 1 aromatic carbocycles. The third-order valence-corrected chi connectivity index (χ3v) is 8.12. The topological polar surface area (TPSA) is 58.4 Å². The normalized spacial score (nSPS) is 22.3. The Kier molecular flexibility index (Phi) is 5.71. The summed E-state index contributed by atoms with van der Waals surface area (Å²) in [4.78, 5) is 4.93. The van der Waals surface area contributed by atoms with Gasteiger partial charge in [0.15, 0.2) is 9.84 Å². The molecular weight excluding hydrogens is 384 g/mol. The van der Waals surface area contributed by atoms with Crippen molar-refractivity contribution in [1.82, 2.24) is 14.7 Å². The van der Waals surface area contributed by atoms with E-state index < -0.39 is 9.84 Å². The van der Waals surface area contributed by atoms with Crippen LogP contribution in [-0.2, 0) is 22.8 Å². The zero-order valence-electron chi connectivity index (χ0n) is 17.8. The summed E-state index contributed by atoms with van der Waals surface area (Å²) in [6.45, 7) is 11.3. The number of sulfone groups is 1. The predicted molar refractivity (Wildman–Crippen MR) is 117 cm³/mol. The maximum atomic E-state index is 11.9. The van der Waals surface area contributed by atoms with E-state index in [1.54, 1.807) is 0 Å². The van der Waals surface area contributed by atoms with Crippen LogP contribution < -0.4 is 4.90 Å². The van der Waals surface area contributed by atoms with Gasteiger partial charge in [0.05, 0.1) is 34.6 Å². The molecule has 1 atom stereocenters. The molecule has 2 fully saturated rings. The van der Waals surface area contributed by atoms with Crippen molar-refractivity contribution in [3.63, 3.8) is 0 Å². The summed E-state index contributed by atoms with van der Waals surface area (Å²) >= 11 is 0. The number of hydrogen-bond acceptors (Lipinski definition) is 5. The molecule has 29 heavy (non-hydrogen) atoms. The van der Waals surface area contributed by atoms with E-state index in [0.717, 1.165) is 50.5 Å². The predicted octanol–water partition coefficient (Wildman–Crippen LogP) is 2.74. The number of aromatic nitrogens is 2. The van der Waals surface area contributed by atoms with Gasteiger partial charge >= 0.3 is 0 Å². The van der Waals surface area contributed by atoms with Crippen molar-refractivity contribution in [2.24, 2.45) is 0 Å². The molecule has 158 valence electrons. The number of nitrogens with zero attached hydrogens (tertiary/aromatic N) is 4. The number of aryl methyl sites for hydroxylation is 2. The zero-order valence-corrected chi connectivity index (χ0v) is 18.6. The molecule has 2 aliphatic heterocycles. The summed E-state index contributed by atoms with van der Waals surface area (Å²) in [5.74, 6) is 0.502. The first kappa shape index (κ1) is 20.4. The number of anilines is 1. The lowest BCUT2D eigenvalue weighted by atomic mass is 10.1. The van der Waals surface area contributed by atoms with E-state index in [1.807, 2.05) is 11.6 Å².